The first-order chi connectivity index (χ1) is 11.7. The number of nitrogens with one attached hydrogen (secondary N) is 1. The smallest absolute Gasteiger partial charge is 0.253 e. The lowest BCUT2D eigenvalue weighted by Crippen LogP contribution is -2.48. The summed E-state index contributed by atoms with van der Waals surface area (Å²) in [7, 11) is 0. The van der Waals surface area contributed by atoms with Gasteiger partial charge >= 0.3 is 0 Å². The van der Waals surface area contributed by atoms with Crippen molar-refractivity contribution in [3.8, 4) is 0 Å². The van der Waals surface area contributed by atoms with Crippen LogP contribution in [-0.4, -0.2) is 52.0 Å². The summed E-state index contributed by atoms with van der Waals surface area (Å²) < 4.78 is 5.27. The second-order valence-electron chi connectivity index (χ2n) is 6.28. The summed E-state index contributed by atoms with van der Waals surface area (Å²) in [4.78, 5) is 20.1. The Labute approximate surface area is 140 Å². The summed E-state index contributed by atoms with van der Waals surface area (Å²) in [6, 6.07) is 9.76. The number of carbonyl (C=O) groups is 1. The number of hydrogen-bond acceptors (Lipinski definition) is 4. The van der Waals surface area contributed by atoms with Crippen LogP contribution in [0.2, 0.25) is 0 Å². The Morgan fingerprint density at radius 1 is 1.21 bits per heavy atom. The van der Waals surface area contributed by atoms with E-state index in [0.29, 0.717) is 0 Å². The van der Waals surface area contributed by atoms with E-state index in [4.69, 9.17) is 4.52 Å². The van der Waals surface area contributed by atoms with E-state index >= 15 is 0 Å². The molecule has 24 heavy (non-hydrogen) atoms. The Balaban J connectivity index is 1.38. The van der Waals surface area contributed by atoms with Crippen LogP contribution in [-0.2, 0) is 6.54 Å². The van der Waals surface area contributed by atoms with Crippen LogP contribution in [0.25, 0.3) is 10.9 Å². The highest BCUT2D eigenvalue weighted by atomic mass is 16.5. The first-order valence-corrected chi connectivity index (χ1v) is 8.20. The largest absolute Gasteiger partial charge is 0.361 e. The summed E-state index contributed by atoms with van der Waals surface area (Å²) in [5.41, 5.74) is 2.71. The molecule has 1 aliphatic heterocycles. The molecule has 0 atom stereocenters. The molecular formula is C18H20N4O2. The van der Waals surface area contributed by atoms with Gasteiger partial charge in [0.15, 0.2) is 5.76 Å². The van der Waals surface area contributed by atoms with Gasteiger partial charge in [-0.3, -0.25) is 9.69 Å². The molecule has 124 valence electrons. The number of fused-ring (bicyclic) bond motifs is 1. The fourth-order valence-electron chi connectivity index (χ4n) is 3.19. The number of H-pyrrole nitrogens is 1. The third-order valence-corrected chi connectivity index (χ3v) is 4.52. The topological polar surface area (TPSA) is 65.4 Å². The lowest BCUT2D eigenvalue weighted by Gasteiger charge is -2.34. The van der Waals surface area contributed by atoms with Gasteiger partial charge in [-0.1, -0.05) is 5.16 Å². The average molecular weight is 324 g/mol. The van der Waals surface area contributed by atoms with E-state index < -0.39 is 0 Å². The van der Waals surface area contributed by atoms with Crippen molar-refractivity contribution in [2.75, 3.05) is 26.2 Å². The fourth-order valence-corrected chi connectivity index (χ4v) is 3.19. The van der Waals surface area contributed by atoms with Gasteiger partial charge in [-0.15, -0.1) is 0 Å². The lowest BCUT2D eigenvalue weighted by atomic mass is 10.1. The van der Waals surface area contributed by atoms with Gasteiger partial charge in [-0.05, 0) is 31.2 Å². The highest BCUT2D eigenvalue weighted by molar-refractivity contribution is 5.98. The molecule has 6 nitrogen and oxygen atoms in total. The Kier molecular flexibility index (Phi) is 3.82. The van der Waals surface area contributed by atoms with E-state index in [1.807, 2.05) is 48.4 Å². The zero-order chi connectivity index (χ0) is 16.5. The van der Waals surface area contributed by atoms with Gasteiger partial charge in [0.25, 0.3) is 5.91 Å². The zero-order valence-electron chi connectivity index (χ0n) is 13.7. The number of piperazine rings is 1. The van der Waals surface area contributed by atoms with E-state index in [9.17, 15) is 4.79 Å². The second-order valence-corrected chi connectivity index (χ2v) is 6.28. The van der Waals surface area contributed by atoms with Gasteiger partial charge < -0.3 is 14.4 Å². The number of aromatic amines is 1. The Hall–Kier alpha value is -2.60. The monoisotopic (exact) mass is 324 g/mol. The predicted octanol–water partition coefficient (Wildman–Crippen LogP) is 2.42. The Morgan fingerprint density at radius 2 is 2.04 bits per heavy atom. The quantitative estimate of drug-likeness (QED) is 0.803. The minimum atomic E-state index is 0.105. The van der Waals surface area contributed by atoms with Crippen molar-refractivity contribution in [2.45, 2.75) is 13.5 Å². The number of carbonyl (C=O) groups excluding carboxylic acids is 1. The Morgan fingerprint density at radius 3 is 2.79 bits per heavy atom. The molecule has 0 spiro atoms. The number of nitrogens with zero attached hydrogens (tertiary/aromatic N) is 3. The van der Waals surface area contributed by atoms with E-state index in [2.05, 4.69) is 15.0 Å². The van der Waals surface area contributed by atoms with Crippen LogP contribution < -0.4 is 0 Å². The molecule has 1 aromatic carbocycles. The molecule has 0 bridgehead atoms. The summed E-state index contributed by atoms with van der Waals surface area (Å²) in [5, 5.41) is 4.99. The molecule has 3 aromatic rings. The molecule has 0 aliphatic carbocycles. The number of benzene rings is 1. The summed E-state index contributed by atoms with van der Waals surface area (Å²) in [6.07, 6.45) is 1.89. The lowest BCUT2D eigenvalue weighted by molar-refractivity contribution is 0.0617. The minimum absolute atomic E-state index is 0.105. The maximum atomic E-state index is 12.7. The zero-order valence-corrected chi connectivity index (χ0v) is 13.7. The van der Waals surface area contributed by atoms with Crippen molar-refractivity contribution in [3.05, 3.63) is 53.5 Å². The van der Waals surface area contributed by atoms with E-state index in [1.54, 1.807) is 0 Å². The number of amides is 1. The van der Waals surface area contributed by atoms with E-state index in [1.165, 1.54) is 0 Å². The van der Waals surface area contributed by atoms with Crippen molar-refractivity contribution in [2.24, 2.45) is 0 Å². The maximum absolute atomic E-state index is 12.7. The van der Waals surface area contributed by atoms with Crippen LogP contribution in [0.4, 0.5) is 0 Å². The number of hydrogen-bond donors (Lipinski definition) is 1. The van der Waals surface area contributed by atoms with Crippen LogP contribution >= 0.6 is 0 Å². The van der Waals surface area contributed by atoms with Crippen LogP contribution in [0.5, 0.6) is 0 Å². The fraction of sp³-hybridized carbons (Fsp3) is 0.333. The normalized spacial score (nSPS) is 16.0. The van der Waals surface area contributed by atoms with Crippen LogP contribution in [0.15, 0.2) is 41.1 Å². The van der Waals surface area contributed by atoms with Crippen molar-refractivity contribution in [1.29, 1.82) is 0 Å². The summed E-state index contributed by atoms with van der Waals surface area (Å²) in [5.74, 6) is 0.985. The number of aromatic nitrogens is 2. The molecule has 1 saturated heterocycles. The number of rotatable bonds is 3. The van der Waals surface area contributed by atoms with Gasteiger partial charge in [0.05, 0.1) is 12.2 Å². The van der Waals surface area contributed by atoms with Crippen LogP contribution in [0.1, 0.15) is 21.8 Å². The van der Waals surface area contributed by atoms with Crippen molar-refractivity contribution < 1.29 is 9.32 Å². The molecule has 1 amide bonds. The molecule has 1 N–H and O–H groups in total. The Bertz CT molecular complexity index is 859. The average Bonchev–Trinajstić information content (AvgIpc) is 3.23. The molecule has 4 rings (SSSR count). The summed E-state index contributed by atoms with van der Waals surface area (Å²) >= 11 is 0. The highest BCUT2D eigenvalue weighted by Crippen LogP contribution is 2.17. The van der Waals surface area contributed by atoms with E-state index in [0.717, 1.165) is 60.6 Å². The minimum Gasteiger partial charge on any atom is -0.361 e. The third-order valence-electron chi connectivity index (χ3n) is 4.52. The SMILES string of the molecule is Cc1cc(CN2CCN(C(=O)c3ccc4[nH]ccc4c3)CC2)on1. The maximum Gasteiger partial charge on any atom is 0.253 e. The molecule has 1 aliphatic rings. The van der Waals surface area contributed by atoms with Crippen molar-refractivity contribution >= 4 is 16.8 Å². The molecule has 0 saturated carbocycles. The molecule has 2 aromatic heterocycles. The van der Waals surface area contributed by atoms with Crippen molar-refractivity contribution in [3.63, 3.8) is 0 Å². The van der Waals surface area contributed by atoms with E-state index in [-0.39, 0.29) is 5.91 Å². The predicted molar refractivity (Wildman–Crippen MR) is 90.7 cm³/mol. The van der Waals surface area contributed by atoms with Gasteiger partial charge in [0.1, 0.15) is 0 Å². The standard InChI is InChI=1S/C18H20N4O2/c1-13-10-16(24-20-13)12-21-6-8-22(9-7-21)18(23)15-2-3-17-14(11-15)4-5-19-17/h2-5,10-11,19H,6-9,12H2,1H3. The van der Waals surface area contributed by atoms with Crippen molar-refractivity contribution in [1.82, 2.24) is 19.9 Å². The summed E-state index contributed by atoms with van der Waals surface area (Å²) in [6.45, 7) is 5.83. The molecule has 3 heterocycles. The second kappa shape index (κ2) is 6.13. The number of aryl methyl sites for hydroxylation is 1. The van der Waals surface area contributed by atoms with Crippen LogP contribution in [0, 0.1) is 6.92 Å². The molecule has 6 heteroatoms. The van der Waals surface area contributed by atoms with Gasteiger partial charge in [-0.2, -0.15) is 0 Å². The van der Waals surface area contributed by atoms with Gasteiger partial charge in [0.2, 0.25) is 0 Å². The third kappa shape index (κ3) is 2.92. The molecule has 0 radical (unpaired) electrons. The van der Waals surface area contributed by atoms with Gasteiger partial charge in [0, 0.05) is 54.9 Å². The molecular weight excluding hydrogens is 304 g/mol. The van der Waals surface area contributed by atoms with Crippen LogP contribution in [0.3, 0.4) is 0 Å². The van der Waals surface area contributed by atoms with Gasteiger partial charge in [-0.25, -0.2) is 0 Å². The first kappa shape index (κ1) is 15.0. The highest BCUT2D eigenvalue weighted by Gasteiger charge is 2.23. The first-order valence-electron chi connectivity index (χ1n) is 8.20. The molecule has 1 fully saturated rings. The molecule has 0 unspecified atom stereocenters.